The lowest BCUT2D eigenvalue weighted by atomic mass is 10.1. The minimum atomic E-state index is 0.414. The van der Waals surface area contributed by atoms with E-state index < -0.39 is 0 Å². The van der Waals surface area contributed by atoms with Crippen molar-refractivity contribution in [2.24, 2.45) is 7.05 Å². The predicted molar refractivity (Wildman–Crippen MR) is 83.9 cm³/mol. The molecule has 0 bridgehead atoms. The van der Waals surface area contributed by atoms with Crippen molar-refractivity contribution < 1.29 is 14.0 Å². The Morgan fingerprint density at radius 2 is 2.04 bits per heavy atom. The third kappa shape index (κ3) is 2.87. The van der Waals surface area contributed by atoms with Gasteiger partial charge in [-0.2, -0.15) is 10.1 Å². The molecule has 0 fully saturated rings. The standard InChI is InChI=1S/C15H15ClN4O3/c1-20-10(6-7-17-20)15-18-12(19-23-15)8-9-4-5-11(21-2)14(22-3)13(9)16/h4-7H,8H2,1-3H3. The summed E-state index contributed by atoms with van der Waals surface area (Å²) in [6.07, 6.45) is 2.09. The third-order valence-electron chi connectivity index (χ3n) is 3.42. The number of methoxy groups -OCH3 is 2. The number of hydrogen-bond acceptors (Lipinski definition) is 6. The normalized spacial score (nSPS) is 10.8. The van der Waals surface area contributed by atoms with Crippen LogP contribution in [0.5, 0.6) is 11.5 Å². The molecule has 1 aromatic carbocycles. The molecule has 0 aliphatic heterocycles. The van der Waals surface area contributed by atoms with E-state index in [1.165, 1.54) is 0 Å². The number of aromatic nitrogens is 4. The zero-order valence-corrected chi connectivity index (χ0v) is 13.7. The number of halogens is 1. The summed E-state index contributed by atoms with van der Waals surface area (Å²) in [4.78, 5) is 4.38. The van der Waals surface area contributed by atoms with Crippen LogP contribution in [0.1, 0.15) is 11.4 Å². The summed E-state index contributed by atoms with van der Waals surface area (Å²) in [5.74, 6) is 2.00. The second kappa shape index (κ2) is 6.29. The van der Waals surface area contributed by atoms with E-state index >= 15 is 0 Å². The van der Waals surface area contributed by atoms with E-state index in [4.69, 9.17) is 25.6 Å². The number of aryl methyl sites for hydroxylation is 1. The number of hydrogen-bond donors (Lipinski definition) is 0. The highest BCUT2D eigenvalue weighted by Crippen LogP contribution is 2.37. The van der Waals surface area contributed by atoms with Crippen molar-refractivity contribution in [1.82, 2.24) is 19.9 Å². The highest BCUT2D eigenvalue weighted by atomic mass is 35.5. The number of rotatable bonds is 5. The van der Waals surface area contributed by atoms with Crippen molar-refractivity contribution in [3.8, 4) is 23.1 Å². The molecule has 120 valence electrons. The van der Waals surface area contributed by atoms with E-state index in [9.17, 15) is 0 Å². The molecule has 3 rings (SSSR count). The summed E-state index contributed by atoms with van der Waals surface area (Å²) in [5.41, 5.74) is 1.57. The lowest BCUT2D eigenvalue weighted by Crippen LogP contribution is -1.97. The zero-order chi connectivity index (χ0) is 16.4. The van der Waals surface area contributed by atoms with Gasteiger partial charge in [-0.25, -0.2) is 0 Å². The van der Waals surface area contributed by atoms with Crippen molar-refractivity contribution in [2.45, 2.75) is 6.42 Å². The summed E-state index contributed by atoms with van der Waals surface area (Å²) < 4.78 is 17.5. The zero-order valence-electron chi connectivity index (χ0n) is 12.9. The quantitative estimate of drug-likeness (QED) is 0.714. The Morgan fingerprint density at radius 1 is 1.22 bits per heavy atom. The van der Waals surface area contributed by atoms with Gasteiger partial charge in [-0.15, -0.1) is 0 Å². The molecule has 0 saturated carbocycles. The second-order valence-electron chi connectivity index (χ2n) is 4.81. The maximum Gasteiger partial charge on any atom is 0.276 e. The number of benzene rings is 1. The summed E-state index contributed by atoms with van der Waals surface area (Å²) in [6.45, 7) is 0. The molecule has 0 atom stereocenters. The molecule has 3 aromatic rings. The van der Waals surface area contributed by atoms with Crippen LogP contribution in [0.25, 0.3) is 11.6 Å². The second-order valence-corrected chi connectivity index (χ2v) is 5.18. The average Bonchev–Trinajstić information content (AvgIpc) is 3.17. The van der Waals surface area contributed by atoms with Gasteiger partial charge < -0.3 is 14.0 Å². The number of ether oxygens (including phenoxy) is 2. The average molecular weight is 335 g/mol. The highest BCUT2D eigenvalue weighted by Gasteiger charge is 2.17. The maximum atomic E-state index is 6.37. The molecule has 2 heterocycles. The van der Waals surface area contributed by atoms with Crippen LogP contribution in [0, 0.1) is 0 Å². The summed E-state index contributed by atoms with van der Waals surface area (Å²) in [6, 6.07) is 5.45. The van der Waals surface area contributed by atoms with Crippen molar-refractivity contribution >= 4 is 11.6 Å². The minimum absolute atomic E-state index is 0.414. The van der Waals surface area contributed by atoms with Crippen LogP contribution in [0.15, 0.2) is 28.9 Å². The minimum Gasteiger partial charge on any atom is -0.493 e. The van der Waals surface area contributed by atoms with Gasteiger partial charge in [0, 0.05) is 19.7 Å². The molecule has 0 aliphatic carbocycles. The van der Waals surface area contributed by atoms with Crippen LogP contribution >= 0.6 is 11.6 Å². The van der Waals surface area contributed by atoms with E-state index in [1.54, 1.807) is 37.2 Å². The van der Waals surface area contributed by atoms with E-state index in [-0.39, 0.29) is 0 Å². The highest BCUT2D eigenvalue weighted by molar-refractivity contribution is 6.33. The molecule has 0 spiro atoms. The van der Waals surface area contributed by atoms with E-state index in [0.29, 0.717) is 34.7 Å². The van der Waals surface area contributed by atoms with Crippen LogP contribution < -0.4 is 9.47 Å². The van der Waals surface area contributed by atoms with Crippen LogP contribution in [0.4, 0.5) is 0 Å². The Bertz CT molecular complexity index is 828. The Balaban J connectivity index is 1.89. The Hall–Kier alpha value is -2.54. The molecule has 7 nitrogen and oxygen atoms in total. The van der Waals surface area contributed by atoms with Crippen molar-refractivity contribution in [3.63, 3.8) is 0 Å². The topological polar surface area (TPSA) is 75.2 Å². The SMILES string of the molecule is COc1ccc(Cc2noc(-c3ccnn3C)n2)c(Cl)c1OC. The first-order valence-corrected chi connectivity index (χ1v) is 7.22. The summed E-state index contributed by atoms with van der Waals surface area (Å²) in [7, 11) is 4.92. The maximum absolute atomic E-state index is 6.37. The first kappa shape index (κ1) is 15.4. The van der Waals surface area contributed by atoms with Gasteiger partial charge in [0.05, 0.1) is 19.2 Å². The van der Waals surface area contributed by atoms with Crippen LogP contribution in [0.3, 0.4) is 0 Å². The van der Waals surface area contributed by atoms with E-state index in [1.807, 2.05) is 13.1 Å². The first-order chi connectivity index (χ1) is 11.1. The molecule has 0 amide bonds. The van der Waals surface area contributed by atoms with Gasteiger partial charge in [-0.3, -0.25) is 4.68 Å². The fourth-order valence-corrected chi connectivity index (χ4v) is 2.55. The fraction of sp³-hybridized carbons (Fsp3) is 0.267. The summed E-state index contributed by atoms with van der Waals surface area (Å²) >= 11 is 6.37. The molecule has 0 N–H and O–H groups in total. The monoisotopic (exact) mass is 334 g/mol. The molecule has 0 radical (unpaired) electrons. The molecule has 0 unspecified atom stereocenters. The summed E-state index contributed by atoms with van der Waals surface area (Å²) in [5, 5.41) is 8.54. The molecular formula is C15H15ClN4O3. The predicted octanol–water partition coefficient (Wildman–Crippen LogP) is 2.73. The molecule has 0 aliphatic rings. The van der Waals surface area contributed by atoms with Gasteiger partial charge in [-0.1, -0.05) is 22.8 Å². The van der Waals surface area contributed by atoms with Crippen molar-refractivity contribution in [1.29, 1.82) is 0 Å². The largest absolute Gasteiger partial charge is 0.493 e. The van der Waals surface area contributed by atoms with Crippen molar-refractivity contribution in [3.05, 3.63) is 40.8 Å². The molecule has 8 heteroatoms. The van der Waals surface area contributed by atoms with Crippen molar-refractivity contribution in [2.75, 3.05) is 14.2 Å². The van der Waals surface area contributed by atoms with E-state index in [0.717, 1.165) is 11.3 Å². The van der Waals surface area contributed by atoms with Crippen LogP contribution in [-0.4, -0.2) is 34.1 Å². The lowest BCUT2D eigenvalue weighted by Gasteiger charge is -2.11. The van der Waals surface area contributed by atoms with Crippen LogP contribution in [-0.2, 0) is 13.5 Å². The van der Waals surface area contributed by atoms with Gasteiger partial charge in [-0.05, 0) is 17.7 Å². The van der Waals surface area contributed by atoms with Gasteiger partial charge in [0.2, 0.25) is 0 Å². The van der Waals surface area contributed by atoms with Crippen LogP contribution in [0.2, 0.25) is 5.02 Å². The Morgan fingerprint density at radius 3 is 2.70 bits per heavy atom. The molecule has 2 aromatic heterocycles. The van der Waals surface area contributed by atoms with E-state index in [2.05, 4.69) is 15.2 Å². The van der Waals surface area contributed by atoms with Gasteiger partial charge >= 0.3 is 0 Å². The number of nitrogens with zero attached hydrogens (tertiary/aromatic N) is 4. The molecule has 0 saturated heterocycles. The third-order valence-corrected chi connectivity index (χ3v) is 3.84. The first-order valence-electron chi connectivity index (χ1n) is 6.84. The Labute approximate surface area is 137 Å². The molecule has 23 heavy (non-hydrogen) atoms. The Kier molecular flexibility index (Phi) is 4.20. The van der Waals surface area contributed by atoms with Gasteiger partial charge in [0.15, 0.2) is 17.3 Å². The van der Waals surface area contributed by atoms with Gasteiger partial charge in [0.1, 0.15) is 5.69 Å². The smallest absolute Gasteiger partial charge is 0.276 e. The fourth-order valence-electron chi connectivity index (χ4n) is 2.25. The molecular weight excluding hydrogens is 320 g/mol. The lowest BCUT2D eigenvalue weighted by molar-refractivity contribution is 0.354. The van der Waals surface area contributed by atoms with Gasteiger partial charge in [0.25, 0.3) is 5.89 Å².